The molecule has 6 heteroatoms. The molecule has 0 aromatic rings. The number of hydrogen-bond acceptors (Lipinski definition) is 5. The topological polar surface area (TPSA) is 89.9 Å². The maximum absolute atomic E-state index is 12.2. The van der Waals surface area contributed by atoms with Gasteiger partial charge in [-0.1, -0.05) is 40.5 Å². The van der Waals surface area contributed by atoms with Gasteiger partial charge in [0.1, 0.15) is 19.0 Å². The van der Waals surface area contributed by atoms with Crippen molar-refractivity contribution >= 4 is 17.9 Å². The van der Waals surface area contributed by atoms with Crippen LogP contribution in [0.25, 0.3) is 0 Å². The maximum atomic E-state index is 12.2. The summed E-state index contributed by atoms with van der Waals surface area (Å²) >= 11 is 0. The first kappa shape index (κ1) is 27.0. The molecule has 194 valence electrons. The van der Waals surface area contributed by atoms with Crippen LogP contribution in [0.3, 0.4) is 0 Å². The summed E-state index contributed by atoms with van der Waals surface area (Å²) in [7, 11) is 0. The van der Waals surface area contributed by atoms with Crippen molar-refractivity contribution in [1.29, 1.82) is 0 Å². The van der Waals surface area contributed by atoms with Crippen LogP contribution in [0.4, 0.5) is 4.79 Å². The SMILES string of the molecule is CC(=O)C1CCC2C3CCC4CCCCC4(C)C3CCC12C.CC(C)C(=O)OCCOC(=O)O. The Morgan fingerprint density at radius 2 is 1.53 bits per heavy atom. The molecule has 34 heavy (non-hydrogen) atoms. The fraction of sp³-hybridized carbons (Fsp3) is 0.893. The molecule has 1 N–H and O–H groups in total. The summed E-state index contributed by atoms with van der Waals surface area (Å²) in [6.45, 7) is 10.2. The van der Waals surface area contributed by atoms with Gasteiger partial charge in [0.05, 0.1) is 5.92 Å². The molecule has 0 radical (unpaired) electrons. The molecule has 0 aromatic heterocycles. The Bertz CT molecular complexity index is 747. The normalized spacial score (nSPS) is 38.5. The lowest BCUT2D eigenvalue weighted by molar-refractivity contribution is -0.148. The lowest BCUT2D eigenvalue weighted by atomic mass is 9.45. The predicted octanol–water partition coefficient (Wildman–Crippen LogP) is 6.50. The molecule has 0 aromatic carbocycles. The Hall–Kier alpha value is -1.59. The quantitative estimate of drug-likeness (QED) is 0.358. The van der Waals surface area contributed by atoms with Gasteiger partial charge in [-0.05, 0) is 92.8 Å². The van der Waals surface area contributed by atoms with Gasteiger partial charge in [-0.15, -0.1) is 0 Å². The number of hydrogen-bond donors (Lipinski definition) is 1. The van der Waals surface area contributed by atoms with E-state index in [2.05, 4.69) is 23.3 Å². The second-order valence-electron chi connectivity index (χ2n) is 12.1. The number of ketones is 1. The van der Waals surface area contributed by atoms with Crippen molar-refractivity contribution in [3.05, 3.63) is 0 Å². The van der Waals surface area contributed by atoms with Crippen LogP contribution in [-0.2, 0) is 19.1 Å². The summed E-state index contributed by atoms with van der Waals surface area (Å²) in [4.78, 5) is 32.7. The first-order valence-corrected chi connectivity index (χ1v) is 13.5. The number of rotatable bonds is 5. The molecule has 0 aliphatic heterocycles. The van der Waals surface area contributed by atoms with Gasteiger partial charge in [0.25, 0.3) is 0 Å². The number of fused-ring (bicyclic) bond motifs is 5. The number of Topliss-reactive ketones (excluding diaryl/α,β-unsaturated/α-hetero) is 1. The molecule has 4 aliphatic rings. The summed E-state index contributed by atoms with van der Waals surface area (Å²) in [5.41, 5.74) is 0.974. The maximum Gasteiger partial charge on any atom is 0.505 e. The van der Waals surface area contributed by atoms with Crippen LogP contribution in [0.5, 0.6) is 0 Å². The van der Waals surface area contributed by atoms with Crippen LogP contribution in [0, 0.1) is 46.3 Å². The highest BCUT2D eigenvalue weighted by molar-refractivity contribution is 5.79. The van der Waals surface area contributed by atoms with E-state index in [0.717, 1.165) is 23.7 Å². The molecule has 0 spiro atoms. The first-order chi connectivity index (χ1) is 16.0. The monoisotopic (exact) mass is 478 g/mol. The highest BCUT2D eigenvalue weighted by Crippen LogP contribution is 2.67. The highest BCUT2D eigenvalue weighted by atomic mass is 16.7. The van der Waals surface area contributed by atoms with E-state index in [-0.39, 0.29) is 25.1 Å². The Kier molecular flexibility index (Phi) is 8.73. The van der Waals surface area contributed by atoms with Crippen LogP contribution >= 0.6 is 0 Å². The molecule has 7 unspecified atom stereocenters. The fourth-order valence-corrected chi connectivity index (χ4v) is 8.40. The van der Waals surface area contributed by atoms with E-state index in [4.69, 9.17) is 5.11 Å². The van der Waals surface area contributed by atoms with Gasteiger partial charge >= 0.3 is 12.1 Å². The Labute approximate surface area is 205 Å². The van der Waals surface area contributed by atoms with Gasteiger partial charge in [-0.25, -0.2) is 4.79 Å². The molecular formula is C28H46O6. The third-order valence-corrected chi connectivity index (χ3v) is 10.1. The molecule has 0 bridgehead atoms. The zero-order valence-corrected chi connectivity index (χ0v) is 21.9. The van der Waals surface area contributed by atoms with E-state index in [1.165, 1.54) is 64.2 Å². The van der Waals surface area contributed by atoms with Crippen molar-refractivity contribution in [2.75, 3.05) is 13.2 Å². The highest BCUT2D eigenvalue weighted by Gasteiger charge is 2.60. The molecule has 4 saturated carbocycles. The van der Waals surface area contributed by atoms with Crippen LogP contribution < -0.4 is 0 Å². The van der Waals surface area contributed by atoms with Crippen molar-refractivity contribution in [3.63, 3.8) is 0 Å². The molecule has 4 rings (SSSR count). The number of esters is 1. The van der Waals surface area contributed by atoms with Gasteiger partial charge in [0, 0.05) is 5.92 Å². The molecule has 4 fully saturated rings. The van der Waals surface area contributed by atoms with E-state index >= 15 is 0 Å². The van der Waals surface area contributed by atoms with Gasteiger partial charge in [-0.2, -0.15) is 0 Å². The van der Waals surface area contributed by atoms with Crippen molar-refractivity contribution in [3.8, 4) is 0 Å². The number of carboxylic acid groups (broad SMARTS) is 1. The average molecular weight is 479 g/mol. The number of carbonyl (C=O) groups is 3. The zero-order chi connectivity index (χ0) is 25.1. The predicted molar refractivity (Wildman–Crippen MR) is 130 cm³/mol. The van der Waals surface area contributed by atoms with E-state index in [1.54, 1.807) is 13.8 Å². The van der Waals surface area contributed by atoms with Crippen LogP contribution in [-0.4, -0.2) is 36.2 Å². The number of ether oxygens (including phenoxy) is 2. The number of carbonyl (C=O) groups excluding carboxylic acids is 2. The molecule has 0 heterocycles. The summed E-state index contributed by atoms with van der Waals surface area (Å²) in [6, 6.07) is 0. The van der Waals surface area contributed by atoms with E-state index < -0.39 is 6.16 Å². The van der Waals surface area contributed by atoms with Crippen molar-refractivity contribution in [2.45, 2.75) is 98.8 Å². The summed E-state index contributed by atoms with van der Waals surface area (Å²) in [5, 5.41) is 8.03. The summed E-state index contributed by atoms with van der Waals surface area (Å²) in [6.07, 6.45) is 12.8. The van der Waals surface area contributed by atoms with Gasteiger partial charge in [0.2, 0.25) is 0 Å². The first-order valence-electron chi connectivity index (χ1n) is 13.5. The zero-order valence-electron chi connectivity index (χ0n) is 21.9. The van der Waals surface area contributed by atoms with Crippen LogP contribution in [0.2, 0.25) is 0 Å². The van der Waals surface area contributed by atoms with Crippen molar-refractivity contribution < 1.29 is 29.0 Å². The minimum Gasteiger partial charge on any atom is -0.462 e. The Morgan fingerprint density at radius 1 is 0.853 bits per heavy atom. The average Bonchev–Trinajstić information content (AvgIpc) is 3.14. The largest absolute Gasteiger partial charge is 0.505 e. The standard InChI is InChI=1S/C21H34O.C7H12O5/c1-14(22)17-9-10-18-16-8-7-15-6-4-5-12-20(15,2)19(16)11-13-21(17,18)3;1-5(2)6(8)11-3-4-12-7(9)10/h15-19H,4-13H2,1-3H3;5H,3-4H2,1-2H3,(H,9,10). The molecule has 7 atom stereocenters. The Balaban J connectivity index is 0.000000232. The molecule has 0 saturated heterocycles. The second kappa shape index (κ2) is 11.0. The molecular weight excluding hydrogens is 432 g/mol. The third-order valence-electron chi connectivity index (χ3n) is 10.1. The van der Waals surface area contributed by atoms with E-state index in [1.807, 2.05) is 6.92 Å². The summed E-state index contributed by atoms with van der Waals surface area (Å²) in [5.74, 6) is 4.05. The van der Waals surface area contributed by atoms with E-state index in [9.17, 15) is 14.4 Å². The molecule has 0 amide bonds. The van der Waals surface area contributed by atoms with Gasteiger partial charge in [0.15, 0.2) is 0 Å². The minimum absolute atomic E-state index is 0.0245. The molecule has 4 aliphatic carbocycles. The second-order valence-corrected chi connectivity index (χ2v) is 12.1. The van der Waals surface area contributed by atoms with Crippen molar-refractivity contribution in [1.82, 2.24) is 0 Å². The van der Waals surface area contributed by atoms with Crippen LogP contribution in [0.1, 0.15) is 98.8 Å². The fourth-order valence-electron chi connectivity index (χ4n) is 8.40. The van der Waals surface area contributed by atoms with Crippen LogP contribution in [0.15, 0.2) is 0 Å². The van der Waals surface area contributed by atoms with Crippen molar-refractivity contribution in [2.24, 2.45) is 46.3 Å². The Morgan fingerprint density at radius 3 is 2.18 bits per heavy atom. The van der Waals surface area contributed by atoms with Gasteiger partial charge in [-0.3, -0.25) is 9.59 Å². The van der Waals surface area contributed by atoms with E-state index in [0.29, 0.717) is 22.5 Å². The van der Waals surface area contributed by atoms with Gasteiger partial charge < -0.3 is 14.6 Å². The summed E-state index contributed by atoms with van der Waals surface area (Å²) < 4.78 is 8.74. The smallest absolute Gasteiger partial charge is 0.462 e. The lowest BCUT2D eigenvalue weighted by Crippen LogP contribution is -2.53. The third kappa shape index (κ3) is 5.46. The lowest BCUT2D eigenvalue weighted by Gasteiger charge is -2.60. The molecule has 6 nitrogen and oxygen atoms in total. The minimum atomic E-state index is -1.37.